The third kappa shape index (κ3) is 8.79. The number of unbranched alkanes of at least 4 members (excludes halogenated alkanes) is 3. The Labute approximate surface area is 130 Å². The predicted molar refractivity (Wildman–Crippen MR) is 90.0 cm³/mol. The first kappa shape index (κ1) is 17.2. The minimum absolute atomic E-state index is 1.08. The van der Waals surface area contributed by atoms with E-state index in [4.69, 9.17) is 0 Å². The van der Waals surface area contributed by atoms with Gasteiger partial charge in [0.2, 0.25) is 0 Å². The summed E-state index contributed by atoms with van der Waals surface area (Å²) in [7, 11) is 2.22. The lowest BCUT2D eigenvalue weighted by molar-refractivity contribution is 0.319. The quantitative estimate of drug-likeness (QED) is 0.593. The van der Waals surface area contributed by atoms with Gasteiger partial charge in [-0.05, 0) is 67.9 Å². The van der Waals surface area contributed by atoms with Gasteiger partial charge in [-0.25, -0.2) is 0 Å². The van der Waals surface area contributed by atoms with E-state index in [0.717, 1.165) is 6.54 Å². The van der Waals surface area contributed by atoms with Gasteiger partial charge in [0.25, 0.3) is 0 Å². The Hall–Kier alpha value is 0.1000. The first-order valence-electron chi connectivity index (χ1n) is 7.34. The zero-order valence-electron chi connectivity index (χ0n) is 12.3. The molecule has 1 N–H and O–H groups in total. The summed E-state index contributed by atoms with van der Waals surface area (Å²) in [4.78, 5) is 3.87. The standard InChI is InChI=1S/C15H27BrN2S/c1-3-8-17-9-6-4-5-7-10-18(2)12-15-11-14(16)13-19-15/h11,13,17H,3-10,12H2,1-2H3. The third-order valence-corrected chi connectivity index (χ3v) is 4.80. The molecule has 0 spiro atoms. The van der Waals surface area contributed by atoms with Crippen molar-refractivity contribution in [3.8, 4) is 0 Å². The highest BCUT2D eigenvalue weighted by atomic mass is 79.9. The van der Waals surface area contributed by atoms with Gasteiger partial charge < -0.3 is 10.2 Å². The van der Waals surface area contributed by atoms with Gasteiger partial charge in [0.15, 0.2) is 0 Å². The summed E-state index contributed by atoms with van der Waals surface area (Å²) in [6, 6.07) is 2.22. The molecular formula is C15H27BrN2S. The van der Waals surface area contributed by atoms with Gasteiger partial charge in [0.05, 0.1) is 0 Å². The van der Waals surface area contributed by atoms with Gasteiger partial charge in [-0.2, -0.15) is 0 Å². The van der Waals surface area contributed by atoms with Crippen LogP contribution >= 0.6 is 27.3 Å². The van der Waals surface area contributed by atoms with E-state index in [1.807, 2.05) is 11.3 Å². The van der Waals surface area contributed by atoms with Crippen LogP contribution in [0.3, 0.4) is 0 Å². The van der Waals surface area contributed by atoms with Crippen LogP contribution < -0.4 is 5.32 Å². The zero-order chi connectivity index (χ0) is 13.9. The number of hydrogen-bond acceptors (Lipinski definition) is 3. The highest BCUT2D eigenvalue weighted by molar-refractivity contribution is 9.10. The van der Waals surface area contributed by atoms with E-state index in [1.54, 1.807) is 0 Å². The minimum atomic E-state index is 1.08. The van der Waals surface area contributed by atoms with Crippen LogP contribution in [0, 0.1) is 0 Å². The number of nitrogens with zero attached hydrogens (tertiary/aromatic N) is 1. The van der Waals surface area contributed by atoms with Crippen molar-refractivity contribution in [2.24, 2.45) is 0 Å². The Balaban J connectivity index is 1.94. The second kappa shape index (κ2) is 10.8. The van der Waals surface area contributed by atoms with Crippen LogP contribution in [0.15, 0.2) is 15.9 Å². The van der Waals surface area contributed by atoms with E-state index in [0.29, 0.717) is 0 Å². The smallest absolute Gasteiger partial charge is 0.0325 e. The monoisotopic (exact) mass is 346 g/mol. The van der Waals surface area contributed by atoms with Crippen LogP contribution in [0.2, 0.25) is 0 Å². The molecule has 0 unspecified atom stereocenters. The van der Waals surface area contributed by atoms with Gasteiger partial charge in [0.1, 0.15) is 0 Å². The highest BCUT2D eigenvalue weighted by Gasteiger charge is 2.02. The Kier molecular flexibility index (Phi) is 9.78. The lowest BCUT2D eigenvalue weighted by atomic mass is 10.2. The van der Waals surface area contributed by atoms with Crippen molar-refractivity contribution in [3.05, 3.63) is 20.8 Å². The van der Waals surface area contributed by atoms with Crippen molar-refractivity contribution < 1.29 is 0 Å². The minimum Gasteiger partial charge on any atom is -0.317 e. The van der Waals surface area contributed by atoms with Crippen molar-refractivity contribution in [3.63, 3.8) is 0 Å². The van der Waals surface area contributed by atoms with Crippen LogP contribution in [0.1, 0.15) is 43.9 Å². The highest BCUT2D eigenvalue weighted by Crippen LogP contribution is 2.20. The molecule has 0 radical (unpaired) electrons. The third-order valence-electron chi connectivity index (χ3n) is 3.12. The molecule has 1 aromatic heterocycles. The average molecular weight is 347 g/mol. The first-order valence-corrected chi connectivity index (χ1v) is 9.01. The molecule has 0 bridgehead atoms. The SMILES string of the molecule is CCCNCCCCCCN(C)Cc1cc(Br)cs1. The molecule has 0 aliphatic carbocycles. The molecule has 1 aromatic rings. The van der Waals surface area contributed by atoms with Crippen LogP contribution in [-0.2, 0) is 6.54 Å². The van der Waals surface area contributed by atoms with Crippen LogP contribution in [0.5, 0.6) is 0 Å². The largest absolute Gasteiger partial charge is 0.317 e. The van der Waals surface area contributed by atoms with Gasteiger partial charge in [-0.15, -0.1) is 11.3 Å². The molecule has 0 saturated heterocycles. The van der Waals surface area contributed by atoms with E-state index in [-0.39, 0.29) is 0 Å². The molecule has 0 saturated carbocycles. The van der Waals surface area contributed by atoms with Gasteiger partial charge >= 0.3 is 0 Å². The summed E-state index contributed by atoms with van der Waals surface area (Å²) in [6.07, 6.45) is 6.59. The fourth-order valence-corrected chi connectivity index (χ4v) is 3.60. The van der Waals surface area contributed by atoms with Crippen LogP contribution in [-0.4, -0.2) is 31.6 Å². The van der Waals surface area contributed by atoms with E-state index >= 15 is 0 Å². The molecule has 0 aromatic carbocycles. The summed E-state index contributed by atoms with van der Waals surface area (Å²) < 4.78 is 1.21. The van der Waals surface area contributed by atoms with E-state index < -0.39 is 0 Å². The number of rotatable bonds is 11. The lowest BCUT2D eigenvalue weighted by Crippen LogP contribution is -2.18. The summed E-state index contributed by atoms with van der Waals surface area (Å²) in [5.41, 5.74) is 0. The average Bonchev–Trinajstić information content (AvgIpc) is 2.78. The number of thiophene rings is 1. The van der Waals surface area contributed by atoms with E-state index in [2.05, 4.69) is 51.6 Å². The molecule has 0 aliphatic rings. The summed E-state index contributed by atoms with van der Waals surface area (Å²) in [6.45, 7) is 6.85. The summed E-state index contributed by atoms with van der Waals surface area (Å²) in [5, 5.41) is 5.62. The predicted octanol–water partition coefficient (Wildman–Crippen LogP) is 4.50. The molecule has 0 aliphatic heterocycles. The molecule has 0 amide bonds. The Morgan fingerprint density at radius 1 is 1.21 bits per heavy atom. The topological polar surface area (TPSA) is 15.3 Å². The Morgan fingerprint density at radius 3 is 2.68 bits per heavy atom. The molecule has 19 heavy (non-hydrogen) atoms. The van der Waals surface area contributed by atoms with Crippen molar-refractivity contribution >= 4 is 27.3 Å². The van der Waals surface area contributed by atoms with E-state index in [9.17, 15) is 0 Å². The molecule has 0 atom stereocenters. The molecule has 1 heterocycles. The lowest BCUT2D eigenvalue weighted by Gasteiger charge is -2.15. The van der Waals surface area contributed by atoms with Crippen molar-refractivity contribution in [2.45, 2.75) is 45.6 Å². The number of nitrogens with one attached hydrogen (secondary N) is 1. The molecule has 1 rings (SSSR count). The van der Waals surface area contributed by atoms with Crippen LogP contribution in [0.4, 0.5) is 0 Å². The Morgan fingerprint density at radius 2 is 2.00 bits per heavy atom. The molecule has 2 nitrogen and oxygen atoms in total. The van der Waals surface area contributed by atoms with E-state index in [1.165, 1.54) is 61.1 Å². The zero-order valence-corrected chi connectivity index (χ0v) is 14.7. The van der Waals surface area contributed by atoms with Gasteiger partial charge in [0, 0.05) is 21.3 Å². The van der Waals surface area contributed by atoms with Crippen molar-refractivity contribution in [2.75, 3.05) is 26.7 Å². The second-order valence-corrected chi connectivity index (χ2v) is 7.04. The molecular weight excluding hydrogens is 320 g/mol. The van der Waals surface area contributed by atoms with Gasteiger partial charge in [-0.1, -0.05) is 19.8 Å². The maximum absolute atomic E-state index is 3.51. The second-order valence-electron chi connectivity index (χ2n) is 5.13. The maximum Gasteiger partial charge on any atom is 0.0325 e. The molecule has 0 fully saturated rings. The fraction of sp³-hybridized carbons (Fsp3) is 0.733. The summed E-state index contributed by atoms with van der Waals surface area (Å²) >= 11 is 5.34. The number of hydrogen-bond donors (Lipinski definition) is 1. The number of halogens is 1. The maximum atomic E-state index is 3.51. The van der Waals surface area contributed by atoms with Crippen molar-refractivity contribution in [1.82, 2.24) is 10.2 Å². The first-order chi connectivity index (χ1) is 9.22. The normalized spacial score (nSPS) is 11.4. The fourth-order valence-electron chi connectivity index (χ4n) is 2.07. The summed E-state index contributed by atoms with van der Waals surface area (Å²) in [5.74, 6) is 0. The molecule has 4 heteroatoms. The molecule has 110 valence electrons. The Bertz CT molecular complexity index is 328. The van der Waals surface area contributed by atoms with Crippen LogP contribution in [0.25, 0.3) is 0 Å². The van der Waals surface area contributed by atoms with Crippen molar-refractivity contribution in [1.29, 1.82) is 0 Å². The van der Waals surface area contributed by atoms with Gasteiger partial charge in [-0.3, -0.25) is 0 Å².